The van der Waals surface area contributed by atoms with E-state index >= 15 is 0 Å². The van der Waals surface area contributed by atoms with Crippen molar-refractivity contribution in [2.45, 2.75) is 6.42 Å². The lowest BCUT2D eigenvalue weighted by Crippen LogP contribution is -2.42. The Bertz CT molecular complexity index is 374. The van der Waals surface area contributed by atoms with Crippen LogP contribution in [0.5, 0.6) is 5.75 Å². The molecule has 1 amide bonds. The summed E-state index contributed by atoms with van der Waals surface area (Å²) in [5, 5.41) is 9.43. The molecule has 1 aromatic carbocycles. The third-order valence-corrected chi connectivity index (χ3v) is 2.64. The molecule has 3 nitrogen and oxygen atoms in total. The quantitative estimate of drug-likeness (QED) is 0.771. The maximum absolute atomic E-state index is 11.7. The number of halogens is 1. The van der Waals surface area contributed by atoms with Gasteiger partial charge in [0.15, 0.2) is 0 Å². The largest absolute Gasteiger partial charge is 0.508 e. The molecule has 1 heterocycles. The zero-order valence-electron chi connectivity index (χ0n) is 7.53. The van der Waals surface area contributed by atoms with Crippen LogP contribution in [0.2, 0.25) is 5.02 Å². The lowest BCUT2D eigenvalue weighted by atomic mass is 10.1. The average molecular weight is 212 g/mol. The minimum atomic E-state index is -0.0544. The van der Waals surface area contributed by atoms with Crippen LogP contribution in [0.4, 0.5) is 0 Å². The van der Waals surface area contributed by atoms with Crippen LogP contribution in [0, 0.1) is 0 Å². The highest BCUT2D eigenvalue weighted by Gasteiger charge is 2.23. The Morgan fingerprint density at radius 2 is 2.14 bits per heavy atom. The number of phenols is 1. The van der Waals surface area contributed by atoms with Crippen molar-refractivity contribution in [3.8, 4) is 5.75 Å². The summed E-state index contributed by atoms with van der Waals surface area (Å²) in [6.07, 6.45) is 1.06. The van der Waals surface area contributed by atoms with E-state index in [1.807, 2.05) is 0 Å². The maximum atomic E-state index is 11.7. The number of carbonyl (C=O) groups excluding carboxylic acids is 1. The predicted octanol–water partition coefficient (Wildman–Crippen LogP) is 1.89. The third kappa shape index (κ3) is 1.55. The standard InChI is InChI=1S/C10H10ClNO2/c11-9-6-7(13)2-3-8(9)10(14)12-4-1-5-12/h2-3,6,13H,1,4-5H2. The lowest BCUT2D eigenvalue weighted by Gasteiger charge is -2.31. The van der Waals surface area contributed by atoms with Crippen molar-refractivity contribution in [3.63, 3.8) is 0 Å². The average Bonchev–Trinajstić information content (AvgIpc) is 2.00. The molecule has 0 spiro atoms. The van der Waals surface area contributed by atoms with Gasteiger partial charge >= 0.3 is 0 Å². The maximum Gasteiger partial charge on any atom is 0.255 e. The molecule has 1 fully saturated rings. The molecule has 4 heteroatoms. The number of hydrogen-bond acceptors (Lipinski definition) is 2. The zero-order valence-corrected chi connectivity index (χ0v) is 8.29. The Morgan fingerprint density at radius 3 is 2.64 bits per heavy atom. The summed E-state index contributed by atoms with van der Waals surface area (Å²) in [6, 6.07) is 4.41. The molecule has 0 aliphatic carbocycles. The van der Waals surface area contributed by atoms with Gasteiger partial charge in [-0.3, -0.25) is 4.79 Å². The highest BCUT2D eigenvalue weighted by Crippen LogP contribution is 2.24. The van der Waals surface area contributed by atoms with Gasteiger partial charge in [-0.25, -0.2) is 0 Å². The van der Waals surface area contributed by atoms with Gasteiger partial charge in [0.1, 0.15) is 5.75 Å². The van der Waals surface area contributed by atoms with E-state index in [-0.39, 0.29) is 11.7 Å². The number of nitrogens with zero attached hydrogens (tertiary/aromatic N) is 1. The number of carbonyl (C=O) groups is 1. The second-order valence-corrected chi connectivity index (χ2v) is 3.72. The van der Waals surface area contributed by atoms with Crippen LogP contribution < -0.4 is 0 Å². The molecule has 1 aliphatic rings. The predicted molar refractivity (Wildman–Crippen MR) is 53.6 cm³/mol. The Labute approximate surface area is 86.9 Å². The fourth-order valence-electron chi connectivity index (χ4n) is 1.37. The van der Waals surface area contributed by atoms with Gasteiger partial charge in [0, 0.05) is 13.1 Å². The summed E-state index contributed by atoms with van der Waals surface area (Å²) in [6.45, 7) is 1.60. The molecular formula is C10H10ClNO2. The van der Waals surface area contributed by atoms with Crippen molar-refractivity contribution in [1.82, 2.24) is 4.90 Å². The van der Waals surface area contributed by atoms with Crippen molar-refractivity contribution in [2.75, 3.05) is 13.1 Å². The molecule has 2 rings (SSSR count). The smallest absolute Gasteiger partial charge is 0.255 e. The summed E-state index contributed by atoms with van der Waals surface area (Å²) in [5.41, 5.74) is 0.462. The van der Waals surface area contributed by atoms with Gasteiger partial charge in [-0.2, -0.15) is 0 Å². The van der Waals surface area contributed by atoms with Gasteiger partial charge in [-0.15, -0.1) is 0 Å². The van der Waals surface area contributed by atoms with Crippen molar-refractivity contribution in [1.29, 1.82) is 0 Å². The molecule has 74 valence electrons. The first-order valence-corrected chi connectivity index (χ1v) is 4.84. The van der Waals surface area contributed by atoms with Gasteiger partial charge in [0.05, 0.1) is 10.6 Å². The number of hydrogen-bond donors (Lipinski definition) is 1. The summed E-state index contributed by atoms with van der Waals surface area (Å²) in [5.74, 6) is 0.0245. The number of benzene rings is 1. The molecule has 0 saturated carbocycles. The number of rotatable bonds is 1. The highest BCUT2D eigenvalue weighted by molar-refractivity contribution is 6.34. The van der Waals surface area contributed by atoms with Gasteiger partial charge in [0.2, 0.25) is 0 Å². The topological polar surface area (TPSA) is 40.5 Å². The van der Waals surface area contributed by atoms with E-state index in [0.717, 1.165) is 19.5 Å². The van der Waals surface area contributed by atoms with Crippen LogP contribution in [0.1, 0.15) is 16.8 Å². The first-order valence-electron chi connectivity index (χ1n) is 4.46. The van der Waals surface area contributed by atoms with E-state index in [1.54, 1.807) is 11.0 Å². The zero-order chi connectivity index (χ0) is 10.1. The molecule has 0 atom stereocenters. The molecule has 1 saturated heterocycles. The van der Waals surface area contributed by atoms with Crippen LogP contribution >= 0.6 is 11.6 Å². The van der Waals surface area contributed by atoms with E-state index < -0.39 is 0 Å². The Kier molecular flexibility index (Phi) is 2.33. The van der Waals surface area contributed by atoms with E-state index in [4.69, 9.17) is 16.7 Å². The Morgan fingerprint density at radius 1 is 1.43 bits per heavy atom. The number of aromatic hydroxyl groups is 1. The number of phenolic OH excluding ortho intramolecular Hbond substituents is 1. The van der Waals surface area contributed by atoms with Gasteiger partial charge < -0.3 is 10.0 Å². The summed E-state index contributed by atoms with van der Waals surface area (Å²) in [7, 11) is 0. The fraction of sp³-hybridized carbons (Fsp3) is 0.300. The first-order chi connectivity index (χ1) is 6.68. The van der Waals surface area contributed by atoms with Gasteiger partial charge in [-0.1, -0.05) is 11.6 Å². The molecule has 0 aromatic heterocycles. The minimum absolute atomic E-state index is 0.0544. The monoisotopic (exact) mass is 211 g/mol. The van der Waals surface area contributed by atoms with Crippen LogP contribution in [-0.2, 0) is 0 Å². The van der Waals surface area contributed by atoms with Crippen LogP contribution in [0.3, 0.4) is 0 Å². The number of likely N-dealkylation sites (tertiary alicyclic amines) is 1. The van der Waals surface area contributed by atoms with E-state index in [0.29, 0.717) is 10.6 Å². The first kappa shape index (κ1) is 9.34. The SMILES string of the molecule is O=C(c1ccc(O)cc1Cl)N1CCC1. The lowest BCUT2D eigenvalue weighted by molar-refractivity contribution is 0.0652. The summed E-state index contributed by atoms with van der Waals surface area (Å²) < 4.78 is 0. The van der Waals surface area contributed by atoms with Gasteiger partial charge in [0.25, 0.3) is 5.91 Å². The van der Waals surface area contributed by atoms with Crippen molar-refractivity contribution < 1.29 is 9.90 Å². The Hall–Kier alpha value is -1.22. The molecule has 14 heavy (non-hydrogen) atoms. The van der Waals surface area contributed by atoms with Crippen LogP contribution in [-0.4, -0.2) is 29.0 Å². The third-order valence-electron chi connectivity index (χ3n) is 2.33. The molecule has 0 unspecified atom stereocenters. The van der Waals surface area contributed by atoms with E-state index in [9.17, 15) is 4.79 Å². The van der Waals surface area contributed by atoms with Crippen molar-refractivity contribution in [3.05, 3.63) is 28.8 Å². The minimum Gasteiger partial charge on any atom is -0.508 e. The highest BCUT2D eigenvalue weighted by atomic mass is 35.5. The molecule has 1 aliphatic heterocycles. The van der Waals surface area contributed by atoms with Crippen molar-refractivity contribution in [2.24, 2.45) is 0 Å². The van der Waals surface area contributed by atoms with Gasteiger partial charge in [-0.05, 0) is 24.6 Å². The van der Waals surface area contributed by atoms with Crippen LogP contribution in [0.15, 0.2) is 18.2 Å². The molecule has 1 N–H and O–H groups in total. The second kappa shape index (κ2) is 3.50. The molecular weight excluding hydrogens is 202 g/mol. The van der Waals surface area contributed by atoms with E-state index in [1.165, 1.54) is 12.1 Å². The van der Waals surface area contributed by atoms with Crippen molar-refractivity contribution >= 4 is 17.5 Å². The second-order valence-electron chi connectivity index (χ2n) is 3.31. The fourth-order valence-corrected chi connectivity index (χ4v) is 1.62. The normalized spacial score (nSPS) is 15.1. The number of amides is 1. The molecule has 0 bridgehead atoms. The molecule has 0 radical (unpaired) electrons. The van der Waals surface area contributed by atoms with E-state index in [2.05, 4.69) is 0 Å². The molecule has 1 aromatic rings. The summed E-state index contributed by atoms with van der Waals surface area (Å²) in [4.78, 5) is 13.5. The summed E-state index contributed by atoms with van der Waals surface area (Å²) >= 11 is 5.84. The van der Waals surface area contributed by atoms with Crippen LogP contribution in [0.25, 0.3) is 0 Å². The Balaban J connectivity index is 2.26.